The minimum absolute atomic E-state index is 0.285. The molecule has 0 aliphatic heterocycles. The molecule has 0 unspecified atom stereocenters. The predicted molar refractivity (Wildman–Crippen MR) is 81.5 cm³/mol. The van der Waals surface area contributed by atoms with Crippen molar-refractivity contribution in [2.24, 2.45) is 0 Å². The molecule has 0 aliphatic rings. The number of anilines is 2. The number of benzene rings is 1. The first kappa shape index (κ1) is 14.2. The quantitative estimate of drug-likeness (QED) is 0.809. The van der Waals surface area contributed by atoms with Gasteiger partial charge in [0.2, 0.25) is 11.9 Å². The van der Waals surface area contributed by atoms with Crippen LogP contribution in [-0.4, -0.2) is 21.5 Å². The zero-order valence-corrected chi connectivity index (χ0v) is 11.8. The van der Waals surface area contributed by atoms with Crippen LogP contribution < -0.4 is 11.1 Å². The van der Waals surface area contributed by atoms with Gasteiger partial charge >= 0.3 is 0 Å². The highest BCUT2D eigenvalue weighted by molar-refractivity contribution is 5.31. The average molecular weight is 271 g/mol. The summed E-state index contributed by atoms with van der Waals surface area (Å²) in [5, 5.41) is 3.21. The monoisotopic (exact) mass is 271 g/mol. The maximum atomic E-state index is 5.71. The first-order chi connectivity index (χ1) is 9.78. The summed E-state index contributed by atoms with van der Waals surface area (Å²) in [6, 6.07) is 10.3. The van der Waals surface area contributed by atoms with Gasteiger partial charge in [-0.3, -0.25) is 0 Å². The van der Waals surface area contributed by atoms with E-state index in [2.05, 4.69) is 39.3 Å². The summed E-state index contributed by atoms with van der Waals surface area (Å²) in [4.78, 5) is 12.7. The standard InChI is InChI=1S/C15H21N5/c1-2-3-9-13-18-14(16)20-15(19-13)17-11-10-12-7-5-4-6-8-12/h4-8H,2-3,9-11H2,1H3,(H3,16,17,18,19,20). The summed E-state index contributed by atoms with van der Waals surface area (Å²) >= 11 is 0. The van der Waals surface area contributed by atoms with E-state index in [1.165, 1.54) is 5.56 Å². The molecule has 5 heteroatoms. The Morgan fingerprint density at radius 2 is 1.85 bits per heavy atom. The van der Waals surface area contributed by atoms with Gasteiger partial charge in [-0.05, 0) is 18.4 Å². The second-order valence-corrected chi connectivity index (χ2v) is 4.70. The number of aryl methyl sites for hydroxylation is 1. The molecule has 2 aromatic rings. The number of nitrogens with two attached hydrogens (primary N) is 1. The molecule has 5 nitrogen and oxygen atoms in total. The Bertz CT molecular complexity index is 527. The maximum Gasteiger partial charge on any atom is 0.227 e. The van der Waals surface area contributed by atoms with E-state index < -0.39 is 0 Å². The second kappa shape index (κ2) is 7.43. The van der Waals surface area contributed by atoms with Crippen molar-refractivity contribution in [3.63, 3.8) is 0 Å². The fraction of sp³-hybridized carbons (Fsp3) is 0.400. The number of nitrogen functional groups attached to an aromatic ring is 1. The van der Waals surface area contributed by atoms with Crippen LogP contribution in [0.15, 0.2) is 30.3 Å². The first-order valence-corrected chi connectivity index (χ1v) is 7.06. The van der Waals surface area contributed by atoms with Crippen LogP contribution in [0.2, 0.25) is 0 Å². The first-order valence-electron chi connectivity index (χ1n) is 7.06. The van der Waals surface area contributed by atoms with Crippen LogP contribution in [0.4, 0.5) is 11.9 Å². The van der Waals surface area contributed by atoms with Gasteiger partial charge in [-0.1, -0.05) is 43.7 Å². The van der Waals surface area contributed by atoms with E-state index in [4.69, 9.17) is 5.73 Å². The van der Waals surface area contributed by atoms with Gasteiger partial charge in [0, 0.05) is 13.0 Å². The Hall–Kier alpha value is -2.17. The topological polar surface area (TPSA) is 76.7 Å². The van der Waals surface area contributed by atoms with E-state index in [9.17, 15) is 0 Å². The number of hydrogen-bond donors (Lipinski definition) is 2. The fourth-order valence-corrected chi connectivity index (χ4v) is 1.93. The number of unbranched alkanes of at least 4 members (excludes halogenated alkanes) is 1. The Morgan fingerprint density at radius 3 is 2.60 bits per heavy atom. The maximum absolute atomic E-state index is 5.71. The Labute approximate surface area is 119 Å². The molecule has 2 rings (SSSR count). The lowest BCUT2D eigenvalue weighted by Gasteiger charge is -2.07. The third-order valence-corrected chi connectivity index (χ3v) is 2.99. The van der Waals surface area contributed by atoms with Crippen LogP contribution in [0, 0.1) is 0 Å². The minimum Gasteiger partial charge on any atom is -0.368 e. The van der Waals surface area contributed by atoms with Gasteiger partial charge in [0.05, 0.1) is 0 Å². The molecule has 3 N–H and O–H groups in total. The summed E-state index contributed by atoms with van der Waals surface area (Å²) in [7, 11) is 0. The van der Waals surface area contributed by atoms with Gasteiger partial charge in [-0.25, -0.2) is 0 Å². The van der Waals surface area contributed by atoms with Gasteiger partial charge in [0.25, 0.3) is 0 Å². The molecule has 0 spiro atoms. The summed E-state index contributed by atoms with van der Waals surface area (Å²) in [5.41, 5.74) is 7.00. The molecule has 0 atom stereocenters. The van der Waals surface area contributed by atoms with E-state index in [0.717, 1.165) is 38.1 Å². The highest BCUT2D eigenvalue weighted by atomic mass is 15.2. The molecular formula is C15H21N5. The summed E-state index contributed by atoms with van der Waals surface area (Å²) in [6.45, 7) is 2.92. The zero-order valence-electron chi connectivity index (χ0n) is 11.8. The van der Waals surface area contributed by atoms with Crippen molar-refractivity contribution in [3.05, 3.63) is 41.7 Å². The lowest BCUT2D eigenvalue weighted by atomic mass is 10.1. The van der Waals surface area contributed by atoms with Gasteiger partial charge in [0.15, 0.2) is 0 Å². The molecular weight excluding hydrogens is 250 g/mol. The van der Waals surface area contributed by atoms with Crippen LogP contribution in [0.5, 0.6) is 0 Å². The minimum atomic E-state index is 0.285. The zero-order chi connectivity index (χ0) is 14.2. The van der Waals surface area contributed by atoms with Crippen LogP contribution in [0.25, 0.3) is 0 Å². The molecule has 1 aromatic carbocycles. The number of aromatic nitrogens is 3. The van der Waals surface area contributed by atoms with Gasteiger partial charge in [-0.2, -0.15) is 15.0 Å². The summed E-state index contributed by atoms with van der Waals surface area (Å²) < 4.78 is 0. The van der Waals surface area contributed by atoms with Gasteiger partial charge in [0.1, 0.15) is 5.82 Å². The highest BCUT2D eigenvalue weighted by Crippen LogP contribution is 2.06. The lowest BCUT2D eigenvalue weighted by molar-refractivity contribution is 0.747. The number of hydrogen-bond acceptors (Lipinski definition) is 5. The molecule has 1 heterocycles. The molecule has 0 saturated heterocycles. The molecule has 0 aliphatic carbocycles. The molecule has 0 bridgehead atoms. The van der Waals surface area contributed by atoms with E-state index >= 15 is 0 Å². The SMILES string of the molecule is CCCCc1nc(N)nc(NCCc2ccccc2)n1. The van der Waals surface area contributed by atoms with Crippen molar-refractivity contribution < 1.29 is 0 Å². The summed E-state index contributed by atoms with van der Waals surface area (Å²) in [6.07, 6.45) is 3.95. The molecule has 1 aromatic heterocycles. The van der Waals surface area contributed by atoms with Crippen molar-refractivity contribution in [1.29, 1.82) is 0 Å². The Kier molecular flexibility index (Phi) is 5.29. The Balaban J connectivity index is 1.90. The predicted octanol–water partition coefficient (Wildman–Crippen LogP) is 2.45. The van der Waals surface area contributed by atoms with Crippen molar-refractivity contribution in [1.82, 2.24) is 15.0 Å². The van der Waals surface area contributed by atoms with Crippen LogP contribution in [0.3, 0.4) is 0 Å². The third kappa shape index (κ3) is 4.50. The van der Waals surface area contributed by atoms with Gasteiger partial charge < -0.3 is 11.1 Å². The molecule has 0 radical (unpaired) electrons. The van der Waals surface area contributed by atoms with Crippen molar-refractivity contribution in [2.75, 3.05) is 17.6 Å². The molecule has 0 fully saturated rings. The molecule has 106 valence electrons. The smallest absolute Gasteiger partial charge is 0.227 e. The molecule has 20 heavy (non-hydrogen) atoms. The third-order valence-electron chi connectivity index (χ3n) is 2.99. The normalized spacial score (nSPS) is 10.4. The number of nitrogens with zero attached hydrogens (tertiary/aromatic N) is 3. The highest BCUT2D eigenvalue weighted by Gasteiger charge is 2.03. The van der Waals surface area contributed by atoms with Crippen LogP contribution in [-0.2, 0) is 12.8 Å². The van der Waals surface area contributed by atoms with Crippen molar-refractivity contribution >= 4 is 11.9 Å². The number of rotatable bonds is 7. The molecule has 0 amide bonds. The average Bonchev–Trinajstić information content (AvgIpc) is 2.46. The second-order valence-electron chi connectivity index (χ2n) is 4.70. The number of nitrogens with one attached hydrogen (secondary N) is 1. The lowest BCUT2D eigenvalue weighted by Crippen LogP contribution is -2.12. The molecule has 0 saturated carbocycles. The van der Waals surface area contributed by atoms with Crippen LogP contribution in [0.1, 0.15) is 31.2 Å². The van der Waals surface area contributed by atoms with E-state index in [0.29, 0.717) is 5.95 Å². The largest absolute Gasteiger partial charge is 0.368 e. The van der Waals surface area contributed by atoms with E-state index in [1.807, 2.05) is 18.2 Å². The van der Waals surface area contributed by atoms with E-state index in [-0.39, 0.29) is 5.95 Å². The van der Waals surface area contributed by atoms with Crippen LogP contribution >= 0.6 is 0 Å². The van der Waals surface area contributed by atoms with E-state index in [1.54, 1.807) is 0 Å². The summed E-state index contributed by atoms with van der Waals surface area (Å²) in [5.74, 6) is 1.62. The van der Waals surface area contributed by atoms with Crippen molar-refractivity contribution in [3.8, 4) is 0 Å². The fourth-order valence-electron chi connectivity index (χ4n) is 1.93. The van der Waals surface area contributed by atoms with Gasteiger partial charge in [-0.15, -0.1) is 0 Å². The van der Waals surface area contributed by atoms with Crippen molar-refractivity contribution in [2.45, 2.75) is 32.6 Å². The Morgan fingerprint density at radius 1 is 1.05 bits per heavy atom.